The number of aromatic nitrogens is 3. The second kappa shape index (κ2) is 6.48. The fourth-order valence-electron chi connectivity index (χ4n) is 2.53. The Morgan fingerprint density at radius 3 is 2.23 bits per heavy atom. The number of hydrogen-bond acceptors (Lipinski definition) is 1. The number of para-hydroxylation sites is 1. The first-order valence-electron chi connectivity index (χ1n) is 7.79. The number of nitrogens with zero attached hydrogens (tertiary/aromatic N) is 1. The highest BCUT2D eigenvalue weighted by Gasteiger charge is 1.97. The SMILES string of the molecule is CCc1cc2ccccc2[nH]1.CCc1cc2cccnc2[nH]1. The van der Waals surface area contributed by atoms with E-state index in [0.29, 0.717) is 0 Å². The number of nitrogens with one attached hydrogen (secondary N) is 2. The highest BCUT2D eigenvalue weighted by Crippen LogP contribution is 2.14. The van der Waals surface area contributed by atoms with Crippen LogP contribution in [0.5, 0.6) is 0 Å². The van der Waals surface area contributed by atoms with Crippen molar-refractivity contribution in [1.82, 2.24) is 15.0 Å². The van der Waals surface area contributed by atoms with Gasteiger partial charge in [-0.05, 0) is 48.6 Å². The molecule has 0 aliphatic heterocycles. The maximum absolute atomic E-state index is 4.19. The lowest BCUT2D eigenvalue weighted by atomic mass is 10.2. The fraction of sp³-hybridized carbons (Fsp3) is 0.211. The van der Waals surface area contributed by atoms with E-state index in [1.807, 2.05) is 6.07 Å². The minimum atomic E-state index is 0.990. The number of benzene rings is 1. The van der Waals surface area contributed by atoms with E-state index >= 15 is 0 Å². The molecule has 0 unspecified atom stereocenters. The fourth-order valence-corrected chi connectivity index (χ4v) is 2.53. The lowest BCUT2D eigenvalue weighted by Crippen LogP contribution is -1.76. The van der Waals surface area contributed by atoms with Crippen LogP contribution in [-0.2, 0) is 12.8 Å². The van der Waals surface area contributed by atoms with Crippen molar-refractivity contribution in [1.29, 1.82) is 0 Å². The average Bonchev–Trinajstić information content (AvgIpc) is 3.18. The van der Waals surface area contributed by atoms with Gasteiger partial charge in [0.2, 0.25) is 0 Å². The van der Waals surface area contributed by atoms with E-state index in [-0.39, 0.29) is 0 Å². The normalized spacial score (nSPS) is 10.6. The van der Waals surface area contributed by atoms with Crippen molar-refractivity contribution in [2.75, 3.05) is 0 Å². The van der Waals surface area contributed by atoms with Crippen molar-refractivity contribution in [3.05, 3.63) is 66.1 Å². The number of pyridine rings is 1. The van der Waals surface area contributed by atoms with Crippen LogP contribution in [0, 0.1) is 0 Å². The molecule has 22 heavy (non-hydrogen) atoms. The molecule has 0 bridgehead atoms. The van der Waals surface area contributed by atoms with E-state index in [2.05, 4.69) is 71.3 Å². The molecule has 3 nitrogen and oxygen atoms in total. The molecule has 0 fully saturated rings. The zero-order valence-electron chi connectivity index (χ0n) is 13.1. The lowest BCUT2D eigenvalue weighted by Gasteiger charge is -1.85. The van der Waals surface area contributed by atoms with E-state index in [1.54, 1.807) is 6.20 Å². The Morgan fingerprint density at radius 2 is 1.50 bits per heavy atom. The Kier molecular flexibility index (Phi) is 4.24. The molecule has 3 heterocycles. The van der Waals surface area contributed by atoms with Crippen LogP contribution in [0.1, 0.15) is 25.2 Å². The molecule has 112 valence electrons. The second-order valence-electron chi connectivity index (χ2n) is 5.32. The van der Waals surface area contributed by atoms with Crippen molar-refractivity contribution in [2.45, 2.75) is 26.7 Å². The molecule has 0 spiro atoms. The summed E-state index contributed by atoms with van der Waals surface area (Å²) in [4.78, 5) is 10.8. The van der Waals surface area contributed by atoms with Crippen molar-refractivity contribution in [3.8, 4) is 0 Å². The largest absolute Gasteiger partial charge is 0.358 e. The summed E-state index contributed by atoms with van der Waals surface area (Å²) in [6, 6.07) is 16.7. The van der Waals surface area contributed by atoms with Crippen LogP contribution in [-0.4, -0.2) is 15.0 Å². The van der Waals surface area contributed by atoms with E-state index in [9.17, 15) is 0 Å². The summed E-state index contributed by atoms with van der Waals surface area (Å²) in [5.74, 6) is 0. The molecule has 0 aliphatic rings. The minimum absolute atomic E-state index is 0.990. The molecule has 1 aromatic carbocycles. The quantitative estimate of drug-likeness (QED) is 0.544. The van der Waals surface area contributed by atoms with E-state index in [0.717, 1.165) is 18.5 Å². The summed E-state index contributed by atoms with van der Waals surface area (Å²) in [6.45, 7) is 4.29. The molecule has 3 aromatic heterocycles. The molecule has 0 amide bonds. The van der Waals surface area contributed by atoms with Gasteiger partial charge in [-0.2, -0.15) is 0 Å². The zero-order valence-corrected chi connectivity index (χ0v) is 13.1. The maximum atomic E-state index is 4.19. The molecular formula is C19H21N3. The number of rotatable bonds is 2. The highest BCUT2D eigenvalue weighted by atomic mass is 14.8. The molecule has 4 aromatic rings. The molecule has 0 aliphatic carbocycles. The van der Waals surface area contributed by atoms with Crippen LogP contribution in [0.15, 0.2) is 54.7 Å². The van der Waals surface area contributed by atoms with E-state index < -0.39 is 0 Å². The predicted octanol–water partition coefficient (Wildman–Crippen LogP) is 4.86. The number of H-pyrrole nitrogens is 2. The van der Waals surface area contributed by atoms with E-state index in [4.69, 9.17) is 0 Å². The van der Waals surface area contributed by atoms with Gasteiger partial charge in [-0.25, -0.2) is 4.98 Å². The van der Waals surface area contributed by atoms with Gasteiger partial charge in [0.25, 0.3) is 0 Å². The third kappa shape index (κ3) is 3.03. The average molecular weight is 291 g/mol. The number of aromatic amines is 2. The Hall–Kier alpha value is -2.55. The summed E-state index contributed by atoms with van der Waals surface area (Å²) in [5.41, 5.74) is 4.79. The van der Waals surface area contributed by atoms with Crippen LogP contribution in [0.25, 0.3) is 21.9 Å². The monoisotopic (exact) mass is 291 g/mol. The van der Waals surface area contributed by atoms with Crippen molar-refractivity contribution >= 4 is 21.9 Å². The smallest absolute Gasteiger partial charge is 0.137 e. The molecule has 2 N–H and O–H groups in total. The van der Waals surface area contributed by atoms with Crippen molar-refractivity contribution in [3.63, 3.8) is 0 Å². The number of hydrogen-bond donors (Lipinski definition) is 2. The van der Waals surface area contributed by atoms with Gasteiger partial charge in [0.15, 0.2) is 0 Å². The Morgan fingerprint density at radius 1 is 0.818 bits per heavy atom. The molecule has 3 heteroatoms. The summed E-state index contributed by atoms with van der Waals surface area (Å²) in [7, 11) is 0. The van der Waals surface area contributed by atoms with Crippen LogP contribution in [0.4, 0.5) is 0 Å². The van der Waals surface area contributed by atoms with Crippen LogP contribution < -0.4 is 0 Å². The Balaban J connectivity index is 0.000000131. The van der Waals surface area contributed by atoms with Crippen LogP contribution in [0.2, 0.25) is 0 Å². The third-order valence-electron chi connectivity index (χ3n) is 3.80. The van der Waals surface area contributed by atoms with Crippen LogP contribution in [0.3, 0.4) is 0 Å². The summed E-state index contributed by atoms with van der Waals surface area (Å²) in [6.07, 6.45) is 3.92. The minimum Gasteiger partial charge on any atom is -0.358 e. The predicted molar refractivity (Wildman–Crippen MR) is 93.1 cm³/mol. The summed E-state index contributed by atoms with van der Waals surface area (Å²) >= 11 is 0. The van der Waals surface area contributed by atoms with Gasteiger partial charge in [0.05, 0.1) is 0 Å². The lowest BCUT2D eigenvalue weighted by molar-refractivity contribution is 1.07. The first-order chi connectivity index (χ1) is 10.8. The van der Waals surface area contributed by atoms with E-state index in [1.165, 1.54) is 27.7 Å². The zero-order chi connectivity index (χ0) is 15.4. The van der Waals surface area contributed by atoms with Gasteiger partial charge < -0.3 is 9.97 Å². The second-order valence-corrected chi connectivity index (χ2v) is 5.32. The molecular weight excluding hydrogens is 270 g/mol. The van der Waals surface area contributed by atoms with Gasteiger partial charge >= 0.3 is 0 Å². The standard InChI is InChI=1S/C10H11N.C9H10N2/c1-2-9-7-8-5-3-4-6-10(8)11-9;1-2-8-6-7-4-3-5-10-9(7)11-8/h3-7,11H,2H2,1H3;3-6H,2H2,1H3,(H,10,11). The molecule has 0 saturated heterocycles. The highest BCUT2D eigenvalue weighted by molar-refractivity contribution is 5.80. The van der Waals surface area contributed by atoms with Gasteiger partial charge in [0.1, 0.15) is 5.65 Å². The number of aryl methyl sites for hydroxylation is 2. The van der Waals surface area contributed by atoms with Crippen LogP contribution >= 0.6 is 0 Å². The van der Waals surface area contributed by atoms with Crippen molar-refractivity contribution < 1.29 is 0 Å². The first kappa shape index (κ1) is 14.4. The molecule has 0 radical (unpaired) electrons. The maximum Gasteiger partial charge on any atom is 0.137 e. The Bertz CT molecular complexity index is 730. The molecule has 0 saturated carbocycles. The number of fused-ring (bicyclic) bond motifs is 2. The molecule has 0 atom stereocenters. The van der Waals surface area contributed by atoms with Gasteiger partial charge in [-0.1, -0.05) is 32.0 Å². The van der Waals surface area contributed by atoms with Crippen molar-refractivity contribution in [2.24, 2.45) is 0 Å². The van der Waals surface area contributed by atoms with Gasteiger partial charge in [-0.15, -0.1) is 0 Å². The summed E-state index contributed by atoms with van der Waals surface area (Å²) in [5, 5.41) is 2.51. The topological polar surface area (TPSA) is 44.5 Å². The van der Waals surface area contributed by atoms with Gasteiger partial charge in [-0.3, -0.25) is 0 Å². The molecule has 4 rings (SSSR count). The first-order valence-corrected chi connectivity index (χ1v) is 7.79. The third-order valence-corrected chi connectivity index (χ3v) is 3.80. The summed E-state index contributed by atoms with van der Waals surface area (Å²) < 4.78 is 0. The Labute approximate surface area is 130 Å². The van der Waals surface area contributed by atoms with Gasteiger partial charge in [0, 0.05) is 28.5 Å².